The molecule has 1 aliphatic rings. The molecule has 1 fully saturated rings. The van der Waals surface area contributed by atoms with Gasteiger partial charge in [0.15, 0.2) is 0 Å². The highest BCUT2D eigenvalue weighted by Crippen LogP contribution is 2.33. The summed E-state index contributed by atoms with van der Waals surface area (Å²) in [6.07, 6.45) is 6.68. The maximum Gasteiger partial charge on any atom is 0.123 e. The number of likely N-dealkylation sites (N-methyl/N-ethyl adjacent to an activating group) is 1. The van der Waals surface area contributed by atoms with Gasteiger partial charge in [-0.05, 0) is 39.9 Å². The molecule has 0 aromatic heterocycles. The zero-order chi connectivity index (χ0) is 15.3. The van der Waals surface area contributed by atoms with Gasteiger partial charge in [0.25, 0.3) is 0 Å². The molecule has 118 valence electrons. The van der Waals surface area contributed by atoms with Crippen molar-refractivity contribution in [3.8, 4) is 5.75 Å². The van der Waals surface area contributed by atoms with E-state index in [1.807, 2.05) is 12.1 Å². The van der Waals surface area contributed by atoms with Crippen molar-refractivity contribution in [2.24, 2.45) is 0 Å². The highest BCUT2D eigenvalue weighted by Gasteiger charge is 2.34. The molecule has 0 radical (unpaired) electrons. The van der Waals surface area contributed by atoms with Crippen LogP contribution in [0.2, 0.25) is 0 Å². The second kappa shape index (κ2) is 7.28. The molecule has 1 aromatic rings. The highest BCUT2D eigenvalue weighted by atomic mass is 16.5. The van der Waals surface area contributed by atoms with Crippen LogP contribution in [-0.4, -0.2) is 38.2 Å². The number of nitrogens with zero attached hydrogens (tertiary/aromatic N) is 1. The molecular weight excluding hydrogens is 260 g/mol. The van der Waals surface area contributed by atoms with Crippen molar-refractivity contribution in [3.63, 3.8) is 0 Å². The van der Waals surface area contributed by atoms with Crippen LogP contribution in [0, 0.1) is 0 Å². The van der Waals surface area contributed by atoms with Crippen LogP contribution in [-0.2, 0) is 0 Å². The molecule has 21 heavy (non-hydrogen) atoms. The maximum absolute atomic E-state index is 5.48. The zero-order valence-electron chi connectivity index (χ0n) is 14.0. The minimum Gasteiger partial charge on any atom is -0.496 e. The lowest BCUT2D eigenvalue weighted by atomic mass is 9.80. The predicted molar refractivity (Wildman–Crippen MR) is 88.9 cm³/mol. The molecule has 1 saturated carbocycles. The van der Waals surface area contributed by atoms with Gasteiger partial charge < -0.3 is 15.0 Å². The topological polar surface area (TPSA) is 24.5 Å². The van der Waals surface area contributed by atoms with Crippen LogP contribution in [0.4, 0.5) is 0 Å². The van der Waals surface area contributed by atoms with Gasteiger partial charge in [0.1, 0.15) is 5.75 Å². The van der Waals surface area contributed by atoms with E-state index in [0.29, 0.717) is 11.6 Å². The fourth-order valence-electron chi connectivity index (χ4n) is 3.47. The van der Waals surface area contributed by atoms with Gasteiger partial charge in [-0.25, -0.2) is 0 Å². The Hall–Kier alpha value is -1.06. The number of rotatable bonds is 6. The Bertz CT molecular complexity index is 439. The van der Waals surface area contributed by atoms with Gasteiger partial charge in [-0.2, -0.15) is 0 Å². The van der Waals surface area contributed by atoms with E-state index in [-0.39, 0.29) is 0 Å². The van der Waals surface area contributed by atoms with Crippen LogP contribution in [0.25, 0.3) is 0 Å². The van der Waals surface area contributed by atoms with E-state index in [0.717, 1.165) is 12.3 Å². The summed E-state index contributed by atoms with van der Waals surface area (Å²) in [7, 11) is 6.19. The van der Waals surface area contributed by atoms with E-state index in [4.69, 9.17) is 4.74 Å². The number of ether oxygens (including phenoxy) is 1. The fraction of sp³-hybridized carbons (Fsp3) is 0.667. The third kappa shape index (κ3) is 3.78. The first kappa shape index (κ1) is 16.3. The monoisotopic (exact) mass is 290 g/mol. The van der Waals surface area contributed by atoms with Crippen LogP contribution in [0.15, 0.2) is 24.3 Å². The molecular formula is C18H30N2O. The first-order valence-corrected chi connectivity index (χ1v) is 8.13. The number of para-hydroxylation sites is 1. The van der Waals surface area contributed by atoms with Gasteiger partial charge in [-0.1, -0.05) is 37.5 Å². The van der Waals surface area contributed by atoms with Crippen LogP contribution >= 0.6 is 0 Å². The smallest absolute Gasteiger partial charge is 0.123 e. The number of benzene rings is 1. The van der Waals surface area contributed by atoms with Gasteiger partial charge in [0, 0.05) is 23.7 Å². The lowest BCUT2D eigenvalue weighted by molar-refractivity contribution is 0.0957. The molecule has 1 unspecified atom stereocenters. The molecule has 1 atom stereocenters. The Balaban J connectivity index is 2.03. The predicted octanol–water partition coefficient (Wildman–Crippen LogP) is 3.61. The Morgan fingerprint density at radius 2 is 1.86 bits per heavy atom. The highest BCUT2D eigenvalue weighted by molar-refractivity contribution is 5.35. The number of hydrogen-bond donors (Lipinski definition) is 1. The average Bonchev–Trinajstić information content (AvgIpc) is 2.53. The average molecular weight is 290 g/mol. The van der Waals surface area contributed by atoms with Crippen LogP contribution in [0.1, 0.15) is 50.6 Å². The number of hydrogen-bond acceptors (Lipinski definition) is 3. The minimum absolute atomic E-state index is 0.305. The normalized spacial score (nSPS) is 19.5. The summed E-state index contributed by atoms with van der Waals surface area (Å²) in [5.41, 5.74) is 1.55. The lowest BCUT2D eigenvalue weighted by Gasteiger charge is -2.44. The van der Waals surface area contributed by atoms with Crippen molar-refractivity contribution in [1.82, 2.24) is 10.2 Å². The maximum atomic E-state index is 5.48. The van der Waals surface area contributed by atoms with Gasteiger partial charge in [0.2, 0.25) is 0 Å². The molecule has 0 bridgehead atoms. The molecule has 0 aliphatic heterocycles. The van der Waals surface area contributed by atoms with Gasteiger partial charge >= 0.3 is 0 Å². The van der Waals surface area contributed by atoms with E-state index in [9.17, 15) is 0 Å². The molecule has 3 nitrogen and oxygen atoms in total. The molecule has 1 N–H and O–H groups in total. The lowest BCUT2D eigenvalue weighted by Crippen LogP contribution is -2.53. The fourth-order valence-corrected chi connectivity index (χ4v) is 3.47. The standard InChI is InChI=1S/C18H30N2O/c1-15(16-10-6-7-11-17(16)21-4)19-14-18(20(2)3)12-8-5-9-13-18/h6-7,10-11,15,19H,5,8-9,12-14H2,1-4H3. The summed E-state index contributed by atoms with van der Waals surface area (Å²) < 4.78 is 5.48. The molecule has 1 aliphatic carbocycles. The quantitative estimate of drug-likeness (QED) is 0.866. The third-order valence-electron chi connectivity index (χ3n) is 5.08. The van der Waals surface area contributed by atoms with Gasteiger partial charge in [-0.3, -0.25) is 0 Å². The molecule has 0 heterocycles. The minimum atomic E-state index is 0.305. The SMILES string of the molecule is COc1ccccc1C(C)NCC1(N(C)C)CCCCC1. The Kier molecular flexibility index (Phi) is 5.65. The Morgan fingerprint density at radius 3 is 2.48 bits per heavy atom. The first-order valence-electron chi connectivity index (χ1n) is 8.13. The second-order valence-electron chi connectivity index (χ2n) is 6.52. The van der Waals surface area contributed by atoms with Crippen LogP contribution < -0.4 is 10.1 Å². The van der Waals surface area contributed by atoms with Crippen molar-refractivity contribution < 1.29 is 4.74 Å². The molecule has 1 aromatic carbocycles. The zero-order valence-corrected chi connectivity index (χ0v) is 14.0. The van der Waals surface area contributed by atoms with Crippen LogP contribution in [0.5, 0.6) is 5.75 Å². The number of nitrogens with one attached hydrogen (secondary N) is 1. The van der Waals surface area contributed by atoms with E-state index >= 15 is 0 Å². The van der Waals surface area contributed by atoms with E-state index in [2.05, 4.69) is 43.4 Å². The molecule has 2 rings (SSSR count). The van der Waals surface area contributed by atoms with E-state index < -0.39 is 0 Å². The molecule has 3 heteroatoms. The van der Waals surface area contributed by atoms with Gasteiger partial charge in [0.05, 0.1) is 7.11 Å². The third-order valence-corrected chi connectivity index (χ3v) is 5.08. The largest absolute Gasteiger partial charge is 0.496 e. The van der Waals surface area contributed by atoms with Crippen molar-refractivity contribution in [1.29, 1.82) is 0 Å². The van der Waals surface area contributed by atoms with Crippen molar-refractivity contribution in [2.75, 3.05) is 27.7 Å². The summed E-state index contributed by atoms with van der Waals surface area (Å²) in [4.78, 5) is 2.42. The van der Waals surface area contributed by atoms with E-state index in [1.54, 1.807) is 7.11 Å². The van der Waals surface area contributed by atoms with Crippen LogP contribution in [0.3, 0.4) is 0 Å². The number of methoxy groups -OCH3 is 1. The Morgan fingerprint density at radius 1 is 1.19 bits per heavy atom. The summed E-state index contributed by atoms with van der Waals surface area (Å²) >= 11 is 0. The van der Waals surface area contributed by atoms with Gasteiger partial charge in [-0.15, -0.1) is 0 Å². The van der Waals surface area contributed by atoms with Crippen molar-refractivity contribution in [3.05, 3.63) is 29.8 Å². The molecule has 0 amide bonds. The Labute approximate surface area is 129 Å². The van der Waals surface area contributed by atoms with Crippen molar-refractivity contribution in [2.45, 2.75) is 50.6 Å². The first-order chi connectivity index (χ1) is 10.1. The molecule has 0 saturated heterocycles. The second-order valence-corrected chi connectivity index (χ2v) is 6.52. The summed E-state index contributed by atoms with van der Waals surface area (Å²) in [6.45, 7) is 3.27. The summed E-state index contributed by atoms with van der Waals surface area (Å²) in [5, 5.41) is 3.74. The van der Waals surface area contributed by atoms with Crippen molar-refractivity contribution >= 4 is 0 Å². The summed E-state index contributed by atoms with van der Waals surface area (Å²) in [6, 6.07) is 8.60. The summed E-state index contributed by atoms with van der Waals surface area (Å²) in [5.74, 6) is 0.972. The van der Waals surface area contributed by atoms with E-state index in [1.165, 1.54) is 37.7 Å². The molecule has 0 spiro atoms.